The van der Waals surface area contributed by atoms with Gasteiger partial charge in [0.2, 0.25) is 5.91 Å². The first-order valence-electron chi connectivity index (χ1n) is 15.4. The summed E-state index contributed by atoms with van der Waals surface area (Å²) in [5.41, 5.74) is 1.52. The number of para-hydroxylation sites is 1. The van der Waals surface area contributed by atoms with Crippen molar-refractivity contribution in [3.63, 3.8) is 0 Å². The van der Waals surface area contributed by atoms with Crippen molar-refractivity contribution in [1.29, 1.82) is 5.26 Å². The normalized spacial score (nSPS) is 19.5. The molecule has 0 aromatic heterocycles. The molecule has 10 heteroatoms. The van der Waals surface area contributed by atoms with Crippen LogP contribution in [0.2, 0.25) is 5.02 Å². The number of aryl methyl sites for hydroxylation is 1. The van der Waals surface area contributed by atoms with Gasteiger partial charge in [0, 0.05) is 18.8 Å². The van der Waals surface area contributed by atoms with E-state index >= 15 is 0 Å². The number of rotatable bonds is 11. The van der Waals surface area contributed by atoms with Crippen molar-refractivity contribution in [2.45, 2.75) is 57.9 Å². The Morgan fingerprint density at radius 2 is 1.70 bits per heavy atom. The summed E-state index contributed by atoms with van der Waals surface area (Å²) in [5, 5.41) is 15.8. The first kappa shape index (κ1) is 33.7. The number of hydrogen-bond acceptors (Lipinski definition) is 5. The van der Waals surface area contributed by atoms with Gasteiger partial charge in [-0.1, -0.05) is 79.6 Å². The van der Waals surface area contributed by atoms with Crippen molar-refractivity contribution in [1.82, 2.24) is 5.32 Å². The van der Waals surface area contributed by atoms with Gasteiger partial charge in [-0.15, -0.1) is 0 Å². The molecule has 1 aliphatic carbocycles. The molecule has 0 unspecified atom stereocenters. The summed E-state index contributed by atoms with van der Waals surface area (Å²) in [6.07, 6.45) is 1.64. The van der Waals surface area contributed by atoms with Crippen LogP contribution in [0, 0.1) is 47.6 Å². The molecule has 4 atom stereocenters. The average Bonchev–Trinajstić information content (AvgIpc) is 3.53. The maximum atomic E-state index is 14.3. The van der Waals surface area contributed by atoms with Gasteiger partial charge in [0.05, 0.1) is 34.2 Å². The first-order chi connectivity index (χ1) is 22.3. The number of fused-ring (bicyclic) bond motifs is 2. The van der Waals surface area contributed by atoms with Crippen LogP contribution in [-0.2, 0) is 26.2 Å². The lowest BCUT2D eigenvalue weighted by atomic mass is 9.80. The number of benzene rings is 3. The Balaban J connectivity index is 1.42. The molecule has 2 aliphatic rings. The zero-order chi connectivity index (χ0) is 34.0. The molecule has 2 amide bonds. The van der Waals surface area contributed by atoms with Gasteiger partial charge in [0.15, 0.2) is 5.78 Å². The number of amides is 2. The predicted octanol–water partition coefficient (Wildman–Crippen LogP) is 6.82. The fourth-order valence-corrected chi connectivity index (χ4v) is 6.74. The highest BCUT2D eigenvalue weighted by Gasteiger charge is 2.52. The predicted molar refractivity (Wildman–Crippen MR) is 174 cm³/mol. The number of nitriles is 1. The van der Waals surface area contributed by atoms with Crippen LogP contribution < -0.4 is 10.6 Å². The molecule has 2 N–H and O–H groups in total. The van der Waals surface area contributed by atoms with Crippen LogP contribution in [0.1, 0.15) is 60.2 Å². The standard InChI is InChI=1S/C37H34ClF2N3O4/c1-20(2)33(42-35(46)32-28(39)8-5-9-29(32)40)31(45)15-23(14-22-12-10-21(3)11-13-22)30(44)16-24-17-37(18-25(24)19-41)26-6-4-7-27(38)34(26)43-36(37)47/h4-13,17,20,23,25,33H,14-16,18H2,1-3H3,(H,42,46)(H,43,47)/t23-,25+,33+,37-/m1/s1. The molecule has 242 valence electrons. The van der Waals surface area contributed by atoms with Crippen molar-refractivity contribution in [3.8, 4) is 6.07 Å². The highest BCUT2D eigenvalue weighted by molar-refractivity contribution is 6.35. The fraction of sp³-hybridized carbons (Fsp3) is 0.324. The second kappa shape index (κ2) is 13.6. The third kappa shape index (κ3) is 6.75. The van der Waals surface area contributed by atoms with E-state index in [-0.39, 0.29) is 37.4 Å². The molecular weight excluding hydrogens is 624 g/mol. The topological polar surface area (TPSA) is 116 Å². The summed E-state index contributed by atoms with van der Waals surface area (Å²) < 4.78 is 28.7. The van der Waals surface area contributed by atoms with E-state index in [1.807, 2.05) is 31.2 Å². The summed E-state index contributed by atoms with van der Waals surface area (Å²) in [4.78, 5) is 54.0. The summed E-state index contributed by atoms with van der Waals surface area (Å²) in [5.74, 6) is -6.29. The molecule has 47 heavy (non-hydrogen) atoms. The molecule has 0 saturated heterocycles. The van der Waals surface area contributed by atoms with Crippen LogP contribution in [0.3, 0.4) is 0 Å². The van der Waals surface area contributed by atoms with E-state index in [1.54, 1.807) is 38.1 Å². The van der Waals surface area contributed by atoms with E-state index in [1.165, 1.54) is 0 Å². The van der Waals surface area contributed by atoms with Crippen molar-refractivity contribution >= 4 is 40.7 Å². The SMILES string of the molecule is Cc1ccc(C[C@H](CC(=O)[C@@H](NC(=O)c2c(F)cccc2F)C(C)C)C(=O)CC2=C[C@]3(C[C@H]2C#N)C(=O)Nc2c(Cl)cccc23)cc1. The maximum absolute atomic E-state index is 14.3. The molecule has 0 fully saturated rings. The molecule has 3 aromatic rings. The monoisotopic (exact) mass is 657 g/mol. The van der Waals surface area contributed by atoms with E-state index < -0.39 is 58.1 Å². The highest BCUT2D eigenvalue weighted by Crippen LogP contribution is 2.51. The maximum Gasteiger partial charge on any atom is 0.257 e. The zero-order valence-corrected chi connectivity index (χ0v) is 27.0. The number of anilines is 1. The number of halogens is 3. The average molecular weight is 658 g/mol. The third-order valence-corrected chi connectivity index (χ3v) is 9.39. The quantitative estimate of drug-likeness (QED) is 0.220. The van der Waals surface area contributed by atoms with E-state index in [0.29, 0.717) is 21.8 Å². The van der Waals surface area contributed by atoms with E-state index in [0.717, 1.165) is 29.3 Å². The van der Waals surface area contributed by atoms with Crippen LogP contribution in [0.5, 0.6) is 0 Å². The molecule has 1 spiro atoms. The van der Waals surface area contributed by atoms with Gasteiger partial charge in [-0.05, 0) is 60.6 Å². The third-order valence-electron chi connectivity index (χ3n) is 9.07. The highest BCUT2D eigenvalue weighted by atomic mass is 35.5. The minimum Gasteiger partial charge on any atom is -0.342 e. The number of ketones is 2. The molecule has 3 aromatic carbocycles. The Morgan fingerprint density at radius 3 is 2.34 bits per heavy atom. The van der Waals surface area contributed by atoms with Gasteiger partial charge >= 0.3 is 0 Å². The molecule has 0 saturated carbocycles. The van der Waals surface area contributed by atoms with Crippen molar-refractivity contribution < 1.29 is 28.0 Å². The van der Waals surface area contributed by atoms with Crippen molar-refractivity contribution in [3.05, 3.63) is 111 Å². The molecule has 7 nitrogen and oxygen atoms in total. The van der Waals surface area contributed by atoms with Crippen LogP contribution in [0.25, 0.3) is 0 Å². The molecule has 1 aliphatic heterocycles. The van der Waals surface area contributed by atoms with E-state index in [2.05, 4.69) is 16.7 Å². The van der Waals surface area contributed by atoms with E-state index in [4.69, 9.17) is 11.6 Å². The van der Waals surface area contributed by atoms with Crippen LogP contribution in [-0.4, -0.2) is 29.4 Å². The van der Waals surface area contributed by atoms with Gasteiger partial charge in [-0.3, -0.25) is 19.2 Å². The lowest BCUT2D eigenvalue weighted by molar-refractivity contribution is -0.129. The minimum atomic E-state index is -1.15. The number of nitrogens with one attached hydrogen (secondary N) is 2. The Kier molecular flexibility index (Phi) is 9.73. The largest absolute Gasteiger partial charge is 0.342 e. The second-order valence-corrected chi connectivity index (χ2v) is 13.1. The number of carbonyl (C=O) groups excluding carboxylic acids is 4. The smallest absolute Gasteiger partial charge is 0.257 e. The van der Waals surface area contributed by atoms with Gasteiger partial charge < -0.3 is 10.6 Å². The van der Waals surface area contributed by atoms with Gasteiger partial charge in [0.25, 0.3) is 5.91 Å². The lowest BCUT2D eigenvalue weighted by Gasteiger charge is -2.24. The molecule has 0 radical (unpaired) electrons. The molecule has 0 bridgehead atoms. The Bertz CT molecular complexity index is 1810. The van der Waals surface area contributed by atoms with E-state index in [9.17, 15) is 33.2 Å². The molecule has 1 heterocycles. The van der Waals surface area contributed by atoms with Crippen LogP contribution in [0.4, 0.5) is 14.5 Å². The summed E-state index contributed by atoms with van der Waals surface area (Å²) in [6.45, 7) is 5.31. The number of allylic oxidation sites excluding steroid dienone is 1. The number of Topliss-reactive ketones (excluding diaryl/α,β-unsaturated/α-hetero) is 2. The second-order valence-electron chi connectivity index (χ2n) is 12.7. The van der Waals surface area contributed by atoms with Crippen molar-refractivity contribution in [2.24, 2.45) is 17.8 Å². The van der Waals surface area contributed by atoms with Gasteiger partial charge in [-0.25, -0.2) is 8.78 Å². The summed E-state index contributed by atoms with van der Waals surface area (Å²) in [7, 11) is 0. The van der Waals surface area contributed by atoms with Crippen LogP contribution in [0.15, 0.2) is 72.3 Å². The Labute approximate surface area is 277 Å². The molecular formula is C37H34ClF2N3O4. The van der Waals surface area contributed by atoms with Gasteiger partial charge in [0.1, 0.15) is 23.0 Å². The minimum absolute atomic E-state index is 0.154. The lowest BCUT2D eigenvalue weighted by Crippen LogP contribution is -2.46. The van der Waals surface area contributed by atoms with Gasteiger partial charge in [-0.2, -0.15) is 5.26 Å². The Hall–Kier alpha value is -4.68. The first-order valence-corrected chi connectivity index (χ1v) is 15.8. The van der Waals surface area contributed by atoms with Crippen molar-refractivity contribution in [2.75, 3.05) is 5.32 Å². The van der Waals surface area contributed by atoms with Crippen LogP contribution >= 0.6 is 11.6 Å². The molecule has 5 rings (SSSR count). The fourth-order valence-electron chi connectivity index (χ4n) is 6.52. The zero-order valence-electron chi connectivity index (χ0n) is 26.2. The summed E-state index contributed by atoms with van der Waals surface area (Å²) >= 11 is 6.34. The summed E-state index contributed by atoms with van der Waals surface area (Å²) in [6, 6.07) is 16.9. The number of nitrogens with zero attached hydrogens (tertiary/aromatic N) is 1. The number of carbonyl (C=O) groups is 4. The Morgan fingerprint density at radius 1 is 1.04 bits per heavy atom. The number of hydrogen-bond donors (Lipinski definition) is 2.